The number of aromatic nitrogens is 1. The maximum atomic E-state index is 13.7. The average molecular weight is 374 g/mol. The number of carbonyl (C=O) groups excluding carboxylic acids is 1. The van der Waals surface area contributed by atoms with Gasteiger partial charge in [0.25, 0.3) is 0 Å². The topological polar surface area (TPSA) is 36.4 Å². The first-order chi connectivity index (χ1) is 13.6. The lowest BCUT2D eigenvalue weighted by atomic mass is 9.71. The van der Waals surface area contributed by atoms with Crippen molar-refractivity contribution in [2.75, 3.05) is 27.2 Å². The molecule has 0 radical (unpaired) electrons. The molecule has 0 N–H and O–H groups in total. The quantitative estimate of drug-likeness (QED) is 0.697. The van der Waals surface area contributed by atoms with Crippen LogP contribution in [0.2, 0.25) is 0 Å². The highest BCUT2D eigenvalue weighted by molar-refractivity contribution is 5.88. The molecule has 1 amide bonds. The molecule has 0 aliphatic carbocycles. The molecule has 2 heterocycles. The van der Waals surface area contributed by atoms with E-state index < -0.39 is 5.41 Å². The van der Waals surface area contributed by atoms with E-state index >= 15 is 0 Å². The third-order valence-electron chi connectivity index (χ3n) is 6.01. The molecular weight excluding hydrogens is 346 g/mol. The second-order valence-corrected chi connectivity index (χ2v) is 7.94. The van der Waals surface area contributed by atoms with E-state index in [2.05, 4.69) is 47.3 Å². The number of pyridine rings is 1. The molecule has 4 nitrogen and oxygen atoms in total. The molecule has 2 aromatic carbocycles. The highest BCUT2D eigenvalue weighted by Gasteiger charge is 2.43. The van der Waals surface area contributed by atoms with Gasteiger partial charge in [0.15, 0.2) is 0 Å². The zero-order valence-corrected chi connectivity index (χ0v) is 16.6. The summed E-state index contributed by atoms with van der Waals surface area (Å²) < 4.78 is 0. The van der Waals surface area contributed by atoms with Crippen molar-refractivity contribution in [1.82, 2.24) is 14.8 Å². The molecular formula is C24H27N3O. The van der Waals surface area contributed by atoms with Crippen molar-refractivity contribution in [3.63, 3.8) is 0 Å². The van der Waals surface area contributed by atoms with E-state index in [1.165, 1.54) is 0 Å². The van der Waals surface area contributed by atoms with E-state index in [0.29, 0.717) is 6.54 Å². The molecule has 3 aromatic rings. The zero-order valence-electron chi connectivity index (χ0n) is 16.6. The Kier molecular flexibility index (Phi) is 5.14. The van der Waals surface area contributed by atoms with Gasteiger partial charge in [-0.3, -0.25) is 9.78 Å². The van der Waals surface area contributed by atoms with Crippen LogP contribution in [0.4, 0.5) is 0 Å². The molecule has 1 fully saturated rings. The molecule has 28 heavy (non-hydrogen) atoms. The Morgan fingerprint density at radius 2 is 1.82 bits per heavy atom. The lowest BCUT2D eigenvalue weighted by molar-refractivity contribution is -0.138. The van der Waals surface area contributed by atoms with Gasteiger partial charge in [-0.25, -0.2) is 0 Å². The van der Waals surface area contributed by atoms with E-state index in [0.717, 1.165) is 48.0 Å². The molecule has 0 spiro atoms. The normalized spacial score (nSPS) is 16.8. The number of carbonyl (C=O) groups is 1. The maximum Gasteiger partial charge on any atom is 0.233 e. The second kappa shape index (κ2) is 7.72. The number of likely N-dealkylation sites (tertiary alicyclic amines) is 1. The van der Waals surface area contributed by atoms with E-state index in [4.69, 9.17) is 0 Å². The molecule has 0 bridgehead atoms. The zero-order chi connectivity index (χ0) is 19.6. The van der Waals surface area contributed by atoms with Crippen molar-refractivity contribution in [3.05, 3.63) is 78.0 Å². The number of hydrogen-bond donors (Lipinski definition) is 0. The molecule has 0 unspecified atom stereocenters. The van der Waals surface area contributed by atoms with Gasteiger partial charge in [-0.1, -0.05) is 42.5 Å². The predicted molar refractivity (Wildman–Crippen MR) is 113 cm³/mol. The number of likely N-dealkylation sites (N-methyl/N-ethyl adjacent to an activating group) is 1. The van der Waals surface area contributed by atoms with Crippen LogP contribution in [-0.4, -0.2) is 47.9 Å². The summed E-state index contributed by atoms with van der Waals surface area (Å²) in [7, 11) is 4.06. The van der Waals surface area contributed by atoms with Crippen molar-refractivity contribution in [1.29, 1.82) is 0 Å². The first-order valence-corrected chi connectivity index (χ1v) is 9.92. The van der Waals surface area contributed by atoms with Gasteiger partial charge < -0.3 is 9.80 Å². The van der Waals surface area contributed by atoms with Crippen molar-refractivity contribution < 1.29 is 4.79 Å². The summed E-state index contributed by atoms with van der Waals surface area (Å²) in [6.45, 7) is 2.49. The number of piperidine rings is 1. The Bertz CT molecular complexity index is 962. The SMILES string of the molecule is CN1CCC(C(=O)N(C)Cc2ccc3ncccc3c2)(c2ccccc2)CC1. The second-order valence-electron chi connectivity index (χ2n) is 7.94. The Labute approximate surface area is 166 Å². The minimum absolute atomic E-state index is 0.220. The van der Waals surface area contributed by atoms with Gasteiger partial charge in [-0.15, -0.1) is 0 Å². The number of nitrogens with zero attached hydrogens (tertiary/aromatic N) is 3. The molecule has 0 atom stereocenters. The summed E-state index contributed by atoms with van der Waals surface area (Å²) in [6, 6.07) is 20.6. The largest absolute Gasteiger partial charge is 0.341 e. The van der Waals surface area contributed by atoms with Crippen LogP contribution in [0.25, 0.3) is 10.9 Å². The summed E-state index contributed by atoms with van der Waals surface area (Å²) in [4.78, 5) is 22.3. The van der Waals surface area contributed by atoms with E-state index in [9.17, 15) is 4.79 Å². The van der Waals surface area contributed by atoms with Crippen molar-refractivity contribution >= 4 is 16.8 Å². The summed E-state index contributed by atoms with van der Waals surface area (Å²) in [5.41, 5.74) is 2.83. The summed E-state index contributed by atoms with van der Waals surface area (Å²) >= 11 is 0. The first-order valence-electron chi connectivity index (χ1n) is 9.92. The van der Waals surface area contributed by atoms with Gasteiger partial charge in [-0.2, -0.15) is 0 Å². The number of benzene rings is 2. The molecule has 4 rings (SSSR count). The molecule has 0 saturated carbocycles. The van der Waals surface area contributed by atoms with Crippen LogP contribution < -0.4 is 0 Å². The van der Waals surface area contributed by atoms with Crippen LogP contribution >= 0.6 is 0 Å². The molecule has 1 aliphatic heterocycles. The molecule has 4 heteroatoms. The lowest BCUT2D eigenvalue weighted by Crippen LogP contribution is -2.51. The van der Waals surface area contributed by atoms with Crippen LogP contribution in [-0.2, 0) is 16.8 Å². The fourth-order valence-electron chi connectivity index (χ4n) is 4.32. The molecule has 1 saturated heterocycles. The van der Waals surface area contributed by atoms with Crippen LogP contribution in [0.15, 0.2) is 66.9 Å². The summed E-state index contributed by atoms with van der Waals surface area (Å²) in [5.74, 6) is 0.220. The molecule has 1 aromatic heterocycles. The molecule has 144 valence electrons. The Balaban J connectivity index is 1.60. The van der Waals surface area contributed by atoms with Gasteiger partial charge >= 0.3 is 0 Å². The third-order valence-corrected chi connectivity index (χ3v) is 6.01. The number of amides is 1. The van der Waals surface area contributed by atoms with Gasteiger partial charge in [-0.05, 0) is 62.3 Å². The fraction of sp³-hybridized carbons (Fsp3) is 0.333. The lowest BCUT2D eigenvalue weighted by Gasteiger charge is -2.42. The van der Waals surface area contributed by atoms with Crippen molar-refractivity contribution in [2.45, 2.75) is 24.8 Å². The van der Waals surface area contributed by atoms with Crippen LogP contribution in [0.5, 0.6) is 0 Å². The van der Waals surface area contributed by atoms with Gasteiger partial charge in [0.05, 0.1) is 10.9 Å². The number of fused-ring (bicyclic) bond motifs is 1. The summed E-state index contributed by atoms with van der Waals surface area (Å²) in [6.07, 6.45) is 3.53. The highest BCUT2D eigenvalue weighted by atomic mass is 16.2. The monoisotopic (exact) mass is 373 g/mol. The van der Waals surface area contributed by atoms with Gasteiger partial charge in [0, 0.05) is 25.2 Å². The maximum absolute atomic E-state index is 13.7. The minimum Gasteiger partial charge on any atom is -0.341 e. The van der Waals surface area contributed by atoms with Crippen LogP contribution in [0, 0.1) is 0 Å². The van der Waals surface area contributed by atoms with Gasteiger partial charge in [0.2, 0.25) is 5.91 Å². The minimum atomic E-state index is -0.430. The fourth-order valence-corrected chi connectivity index (χ4v) is 4.32. The van der Waals surface area contributed by atoms with Crippen molar-refractivity contribution in [2.24, 2.45) is 0 Å². The smallest absolute Gasteiger partial charge is 0.233 e. The summed E-state index contributed by atoms with van der Waals surface area (Å²) in [5, 5.41) is 1.11. The number of hydrogen-bond acceptors (Lipinski definition) is 3. The highest BCUT2D eigenvalue weighted by Crippen LogP contribution is 2.37. The Morgan fingerprint density at radius 1 is 1.07 bits per heavy atom. The van der Waals surface area contributed by atoms with Crippen LogP contribution in [0.3, 0.4) is 0 Å². The standard InChI is InChI=1S/C24H27N3O/c1-26-15-12-24(13-16-26,21-8-4-3-5-9-21)23(28)27(2)18-19-10-11-22-20(17-19)7-6-14-25-22/h3-11,14,17H,12-13,15-16,18H2,1-2H3. The van der Waals surface area contributed by atoms with E-state index in [-0.39, 0.29) is 5.91 Å². The predicted octanol–water partition coefficient (Wildman–Crippen LogP) is 3.86. The van der Waals surface area contributed by atoms with E-state index in [1.54, 1.807) is 6.20 Å². The van der Waals surface area contributed by atoms with E-state index in [1.807, 2.05) is 42.3 Å². The Hall–Kier alpha value is -2.72. The molecule has 1 aliphatic rings. The average Bonchev–Trinajstić information content (AvgIpc) is 2.74. The van der Waals surface area contributed by atoms with Gasteiger partial charge in [0.1, 0.15) is 0 Å². The Morgan fingerprint density at radius 3 is 2.57 bits per heavy atom. The third kappa shape index (κ3) is 3.52. The van der Waals surface area contributed by atoms with Crippen molar-refractivity contribution in [3.8, 4) is 0 Å². The first kappa shape index (κ1) is 18.6. The number of rotatable bonds is 4. The van der Waals surface area contributed by atoms with Crippen LogP contribution in [0.1, 0.15) is 24.0 Å².